The van der Waals surface area contributed by atoms with Crippen LogP contribution in [-0.2, 0) is 12.7 Å². The summed E-state index contributed by atoms with van der Waals surface area (Å²) >= 11 is 5.82. The molecule has 112 valence electrons. The van der Waals surface area contributed by atoms with Crippen LogP contribution in [0.4, 0.5) is 18.9 Å². The van der Waals surface area contributed by atoms with Crippen molar-refractivity contribution in [3.05, 3.63) is 63.5 Å². The van der Waals surface area contributed by atoms with Crippen LogP contribution in [0.1, 0.15) is 5.56 Å². The molecule has 0 radical (unpaired) electrons. The van der Waals surface area contributed by atoms with Gasteiger partial charge in [0.15, 0.2) is 0 Å². The second-order valence-electron chi connectivity index (χ2n) is 4.38. The van der Waals surface area contributed by atoms with Crippen molar-refractivity contribution in [1.82, 2.24) is 4.57 Å². The Hall–Kier alpha value is -1.95. The quantitative estimate of drug-likeness (QED) is 0.934. The Kier molecular flexibility index (Phi) is 4.57. The number of nitrogens with one attached hydrogen (secondary N) is 1. The van der Waals surface area contributed by atoms with E-state index in [-0.39, 0.29) is 6.54 Å². The number of hydrogen-bond donors (Lipinski definition) is 1. The SMILES string of the molecule is O=c1ccc(C(F)(F)F)cn1CCNc1cccc(Cl)c1. The molecule has 0 unspecified atom stereocenters. The van der Waals surface area contributed by atoms with Gasteiger partial charge in [0.1, 0.15) is 0 Å². The first-order valence-electron chi connectivity index (χ1n) is 6.13. The third-order valence-corrected chi connectivity index (χ3v) is 3.05. The van der Waals surface area contributed by atoms with Gasteiger partial charge in [0.05, 0.1) is 5.56 Å². The molecule has 0 aliphatic carbocycles. The molecular formula is C14H12ClF3N2O. The van der Waals surface area contributed by atoms with Crippen LogP contribution in [0, 0.1) is 0 Å². The highest BCUT2D eigenvalue weighted by Gasteiger charge is 2.30. The molecule has 3 nitrogen and oxygen atoms in total. The summed E-state index contributed by atoms with van der Waals surface area (Å²) in [5, 5.41) is 3.55. The van der Waals surface area contributed by atoms with E-state index in [9.17, 15) is 18.0 Å². The van der Waals surface area contributed by atoms with Crippen molar-refractivity contribution in [2.75, 3.05) is 11.9 Å². The van der Waals surface area contributed by atoms with Crippen LogP contribution in [0.5, 0.6) is 0 Å². The van der Waals surface area contributed by atoms with E-state index in [1.165, 1.54) is 0 Å². The molecule has 1 N–H and O–H groups in total. The maximum Gasteiger partial charge on any atom is 0.417 e. The van der Waals surface area contributed by atoms with Gasteiger partial charge in [-0.1, -0.05) is 17.7 Å². The standard InChI is InChI=1S/C14H12ClF3N2O/c15-11-2-1-3-12(8-11)19-6-7-20-9-10(14(16,17)18)4-5-13(20)21/h1-5,8-9,19H,6-7H2. The molecule has 0 aliphatic rings. The molecule has 1 aromatic carbocycles. The van der Waals surface area contributed by atoms with Gasteiger partial charge in [-0.25, -0.2) is 0 Å². The van der Waals surface area contributed by atoms with Crippen LogP contribution in [0.2, 0.25) is 5.02 Å². The Morgan fingerprint density at radius 3 is 2.62 bits per heavy atom. The van der Waals surface area contributed by atoms with Crippen molar-refractivity contribution < 1.29 is 13.2 Å². The molecule has 1 heterocycles. The molecular weight excluding hydrogens is 305 g/mol. The van der Waals surface area contributed by atoms with Gasteiger partial charge in [0, 0.05) is 36.1 Å². The predicted molar refractivity (Wildman–Crippen MR) is 75.6 cm³/mol. The van der Waals surface area contributed by atoms with Crippen molar-refractivity contribution in [3.63, 3.8) is 0 Å². The Bertz CT molecular complexity index is 682. The predicted octanol–water partition coefficient (Wildman–Crippen LogP) is 3.63. The molecule has 7 heteroatoms. The molecule has 0 saturated carbocycles. The van der Waals surface area contributed by atoms with E-state index in [2.05, 4.69) is 5.32 Å². The van der Waals surface area contributed by atoms with Gasteiger partial charge in [-0.15, -0.1) is 0 Å². The van der Waals surface area contributed by atoms with Gasteiger partial charge in [-0.05, 0) is 24.3 Å². The number of anilines is 1. The topological polar surface area (TPSA) is 34.0 Å². The number of benzene rings is 1. The molecule has 0 atom stereocenters. The van der Waals surface area contributed by atoms with Crippen LogP contribution < -0.4 is 10.9 Å². The maximum atomic E-state index is 12.6. The lowest BCUT2D eigenvalue weighted by Crippen LogP contribution is -2.24. The summed E-state index contributed by atoms with van der Waals surface area (Å²) in [5.41, 5.74) is -0.580. The summed E-state index contributed by atoms with van der Waals surface area (Å²) in [6.45, 7) is 0.427. The average Bonchev–Trinajstić information content (AvgIpc) is 2.39. The maximum absolute atomic E-state index is 12.6. The van der Waals surface area contributed by atoms with Crippen molar-refractivity contribution in [2.24, 2.45) is 0 Å². The third-order valence-electron chi connectivity index (χ3n) is 2.82. The second kappa shape index (κ2) is 6.22. The summed E-state index contributed by atoms with van der Waals surface area (Å²) in [7, 11) is 0. The summed E-state index contributed by atoms with van der Waals surface area (Å²) in [6, 6.07) is 8.63. The Balaban J connectivity index is 2.05. The highest BCUT2D eigenvalue weighted by atomic mass is 35.5. The molecule has 0 aliphatic heterocycles. The number of aromatic nitrogens is 1. The number of hydrogen-bond acceptors (Lipinski definition) is 2. The highest BCUT2D eigenvalue weighted by molar-refractivity contribution is 6.30. The smallest absolute Gasteiger partial charge is 0.383 e. The van der Waals surface area contributed by atoms with Crippen LogP contribution in [0.3, 0.4) is 0 Å². The molecule has 0 saturated heterocycles. The summed E-state index contributed by atoms with van der Waals surface area (Å²) < 4.78 is 38.8. The van der Waals surface area contributed by atoms with Crippen molar-refractivity contribution >= 4 is 17.3 Å². The van der Waals surface area contributed by atoms with E-state index in [1.54, 1.807) is 24.3 Å². The fourth-order valence-corrected chi connectivity index (χ4v) is 1.98. The van der Waals surface area contributed by atoms with Crippen molar-refractivity contribution in [2.45, 2.75) is 12.7 Å². The normalized spacial score (nSPS) is 11.4. The molecule has 1 aromatic heterocycles. The second-order valence-corrected chi connectivity index (χ2v) is 4.82. The molecule has 21 heavy (non-hydrogen) atoms. The van der Waals surface area contributed by atoms with E-state index in [4.69, 9.17) is 11.6 Å². The van der Waals surface area contributed by atoms with E-state index in [0.29, 0.717) is 11.6 Å². The van der Waals surface area contributed by atoms with Crippen LogP contribution in [0.25, 0.3) is 0 Å². The van der Waals surface area contributed by atoms with Gasteiger partial charge in [0.2, 0.25) is 0 Å². The van der Waals surface area contributed by atoms with Gasteiger partial charge >= 0.3 is 6.18 Å². The van der Waals surface area contributed by atoms with Crippen molar-refractivity contribution in [1.29, 1.82) is 0 Å². The molecule has 0 spiro atoms. The van der Waals surface area contributed by atoms with Gasteiger partial charge < -0.3 is 9.88 Å². The fourth-order valence-electron chi connectivity index (χ4n) is 1.79. The number of nitrogens with zero attached hydrogens (tertiary/aromatic N) is 1. The zero-order chi connectivity index (χ0) is 15.5. The lowest BCUT2D eigenvalue weighted by molar-refractivity contribution is -0.138. The number of pyridine rings is 1. The zero-order valence-corrected chi connectivity index (χ0v) is 11.6. The number of halogens is 4. The highest BCUT2D eigenvalue weighted by Crippen LogP contribution is 2.27. The molecule has 0 bridgehead atoms. The molecule has 2 rings (SSSR count). The monoisotopic (exact) mass is 316 g/mol. The van der Waals surface area contributed by atoms with Crippen LogP contribution >= 0.6 is 11.6 Å². The summed E-state index contributed by atoms with van der Waals surface area (Å²) in [5.74, 6) is 0. The van der Waals surface area contributed by atoms with Crippen LogP contribution in [-0.4, -0.2) is 11.1 Å². The number of rotatable bonds is 4. The first-order valence-corrected chi connectivity index (χ1v) is 6.51. The first-order chi connectivity index (χ1) is 9.86. The molecule has 0 fully saturated rings. The first kappa shape index (κ1) is 15.4. The minimum Gasteiger partial charge on any atom is -0.383 e. The minimum absolute atomic E-state index is 0.120. The van der Waals surface area contributed by atoms with Gasteiger partial charge in [-0.3, -0.25) is 4.79 Å². The lowest BCUT2D eigenvalue weighted by Gasteiger charge is -2.11. The Morgan fingerprint density at radius 2 is 1.95 bits per heavy atom. The van der Waals surface area contributed by atoms with E-state index in [1.807, 2.05) is 0 Å². The Morgan fingerprint density at radius 1 is 1.19 bits per heavy atom. The molecule has 2 aromatic rings. The van der Waals surface area contributed by atoms with Gasteiger partial charge in [0.25, 0.3) is 5.56 Å². The fraction of sp³-hybridized carbons (Fsp3) is 0.214. The molecule has 0 amide bonds. The van der Waals surface area contributed by atoms with Gasteiger partial charge in [-0.2, -0.15) is 13.2 Å². The largest absolute Gasteiger partial charge is 0.417 e. The summed E-state index contributed by atoms with van der Waals surface area (Å²) in [6.07, 6.45) is -3.64. The van der Waals surface area contributed by atoms with E-state index < -0.39 is 17.3 Å². The summed E-state index contributed by atoms with van der Waals surface area (Å²) in [4.78, 5) is 11.5. The minimum atomic E-state index is -4.46. The Labute approximate surface area is 124 Å². The lowest BCUT2D eigenvalue weighted by atomic mass is 10.2. The number of alkyl halides is 3. The van der Waals surface area contributed by atoms with Crippen LogP contribution in [0.15, 0.2) is 47.4 Å². The van der Waals surface area contributed by atoms with Crippen molar-refractivity contribution in [3.8, 4) is 0 Å². The third kappa shape index (κ3) is 4.26. The van der Waals surface area contributed by atoms with E-state index in [0.717, 1.165) is 28.6 Å². The zero-order valence-electron chi connectivity index (χ0n) is 10.8. The average molecular weight is 317 g/mol. The van der Waals surface area contributed by atoms with E-state index >= 15 is 0 Å².